The quantitative estimate of drug-likeness (QED) is 0.565. The van der Waals surface area contributed by atoms with Crippen molar-refractivity contribution in [3.05, 3.63) is 64.4 Å². The zero-order chi connectivity index (χ0) is 19.4. The van der Waals surface area contributed by atoms with Crippen molar-refractivity contribution in [1.82, 2.24) is 10.3 Å². The molecule has 0 bridgehead atoms. The first-order valence-corrected chi connectivity index (χ1v) is 8.62. The molecule has 27 heavy (non-hydrogen) atoms. The van der Waals surface area contributed by atoms with Crippen LogP contribution >= 0.6 is 0 Å². The van der Waals surface area contributed by atoms with E-state index in [9.17, 15) is 18.0 Å². The zero-order valence-corrected chi connectivity index (χ0v) is 14.8. The molecule has 1 aromatic heterocycles. The average Bonchev–Trinajstić information content (AvgIpc) is 2.65. The molecule has 7 heteroatoms. The fraction of sp³-hybridized carbons (Fsp3) is 0.250. The van der Waals surface area contributed by atoms with Crippen molar-refractivity contribution in [1.29, 1.82) is 0 Å². The van der Waals surface area contributed by atoms with E-state index < -0.39 is 17.3 Å². The minimum Gasteiger partial charge on any atom is -0.385 e. The molecule has 0 aliphatic rings. The SMILES string of the molecule is CNCCCNc1ccc2cc(-c3ccccc3C(F)(F)F)[nH]c(=O)c2c1. The van der Waals surface area contributed by atoms with Gasteiger partial charge in [-0.15, -0.1) is 0 Å². The van der Waals surface area contributed by atoms with Crippen molar-refractivity contribution in [3.8, 4) is 11.3 Å². The second kappa shape index (κ2) is 7.84. The Balaban J connectivity index is 1.98. The second-order valence-corrected chi connectivity index (χ2v) is 6.24. The summed E-state index contributed by atoms with van der Waals surface area (Å²) in [7, 11) is 1.88. The van der Waals surface area contributed by atoms with Crippen molar-refractivity contribution in [2.24, 2.45) is 0 Å². The highest BCUT2D eigenvalue weighted by molar-refractivity contribution is 5.88. The van der Waals surface area contributed by atoms with E-state index in [2.05, 4.69) is 15.6 Å². The number of alkyl halides is 3. The summed E-state index contributed by atoms with van der Waals surface area (Å²) < 4.78 is 39.8. The van der Waals surface area contributed by atoms with Crippen LogP contribution in [0, 0.1) is 0 Å². The first-order valence-electron chi connectivity index (χ1n) is 8.62. The summed E-state index contributed by atoms with van der Waals surface area (Å²) in [5.41, 5.74) is -0.290. The summed E-state index contributed by atoms with van der Waals surface area (Å²) in [6.07, 6.45) is -3.57. The molecule has 0 amide bonds. The van der Waals surface area contributed by atoms with Gasteiger partial charge in [0.05, 0.1) is 5.56 Å². The zero-order valence-electron chi connectivity index (χ0n) is 14.8. The molecule has 0 aliphatic heterocycles. The van der Waals surface area contributed by atoms with E-state index >= 15 is 0 Å². The molecule has 2 aromatic carbocycles. The van der Waals surface area contributed by atoms with Crippen molar-refractivity contribution in [2.45, 2.75) is 12.6 Å². The van der Waals surface area contributed by atoms with Gasteiger partial charge in [-0.25, -0.2) is 0 Å². The third-order valence-corrected chi connectivity index (χ3v) is 4.30. The molecule has 4 nitrogen and oxygen atoms in total. The summed E-state index contributed by atoms with van der Waals surface area (Å²) in [4.78, 5) is 15.1. The summed E-state index contributed by atoms with van der Waals surface area (Å²) in [5.74, 6) is 0. The predicted molar refractivity (Wildman–Crippen MR) is 102 cm³/mol. The lowest BCUT2D eigenvalue weighted by molar-refractivity contribution is -0.137. The summed E-state index contributed by atoms with van der Waals surface area (Å²) in [5, 5.41) is 7.31. The van der Waals surface area contributed by atoms with Gasteiger partial charge in [-0.2, -0.15) is 13.2 Å². The Kier molecular flexibility index (Phi) is 5.51. The summed E-state index contributed by atoms with van der Waals surface area (Å²) >= 11 is 0. The van der Waals surface area contributed by atoms with Crippen molar-refractivity contribution < 1.29 is 13.2 Å². The molecule has 0 aliphatic carbocycles. The number of rotatable bonds is 6. The lowest BCUT2D eigenvalue weighted by Gasteiger charge is -2.13. The average molecular weight is 375 g/mol. The molecule has 0 spiro atoms. The van der Waals surface area contributed by atoms with Crippen LogP contribution in [-0.4, -0.2) is 25.1 Å². The van der Waals surface area contributed by atoms with Gasteiger partial charge in [-0.05, 0) is 49.7 Å². The van der Waals surface area contributed by atoms with Gasteiger partial charge in [0.1, 0.15) is 0 Å². The number of benzene rings is 2. The molecule has 3 aromatic rings. The largest absolute Gasteiger partial charge is 0.417 e. The Hall–Kier alpha value is -2.80. The molecule has 0 saturated heterocycles. The molecule has 0 radical (unpaired) electrons. The van der Waals surface area contributed by atoms with E-state index in [0.29, 0.717) is 10.8 Å². The number of halogens is 3. The van der Waals surface area contributed by atoms with Crippen LogP contribution in [0.25, 0.3) is 22.0 Å². The van der Waals surface area contributed by atoms with E-state index in [-0.39, 0.29) is 11.3 Å². The fourth-order valence-electron chi connectivity index (χ4n) is 2.98. The van der Waals surface area contributed by atoms with E-state index in [0.717, 1.165) is 31.3 Å². The van der Waals surface area contributed by atoms with E-state index in [1.165, 1.54) is 18.2 Å². The fourth-order valence-corrected chi connectivity index (χ4v) is 2.98. The van der Waals surface area contributed by atoms with Gasteiger partial charge >= 0.3 is 6.18 Å². The Bertz CT molecular complexity index is 996. The molecule has 142 valence electrons. The Morgan fingerprint density at radius 2 is 1.81 bits per heavy atom. The maximum Gasteiger partial charge on any atom is 0.417 e. The third kappa shape index (κ3) is 4.31. The Labute approximate surface area is 154 Å². The number of anilines is 1. The van der Waals surface area contributed by atoms with Gasteiger partial charge in [-0.1, -0.05) is 24.3 Å². The normalized spacial score (nSPS) is 11.7. The number of pyridine rings is 1. The highest BCUT2D eigenvalue weighted by atomic mass is 19.4. The lowest BCUT2D eigenvalue weighted by atomic mass is 10.0. The highest BCUT2D eigenvalue weighted by Gasteiger charge is 2.33. The predicted octanol–water partition coefficient (Wildman–Crippen LogP) is 4.24. The minimum atomic E-state index is -4.50. The van der Waals surface area contributed by atoms with Gasteiger partial charge in [0.25, 0.3) is 5.56 Å². The molecule has 3 N–H and O–H groups in total. The van der Waals surface area contributed by atoms with Crippen LogP contribution in [0.1, 0.15) is 12.0 Å². The van der Waals surface area contributed by atoms with Gasteiger partial charge in [0.15, 0.2) is 0 Å². The van der Waals surface area contributed by atoms with Gasteiger partial charge in [0, 0.05) is 28.9 Å². The first-order chi connectivity index (χ1) is 12.9. The molecule has 0 unspecified atom stereocenters. The smallest absolute Gasteiger partial charge is 0.385 e. The Morgan fingerprint density at radius 1 is 1.04 bits per heavy atom. The van der Waals surface area contributed by atoms with Crippen LogP contribution in [0.4, 0.5) is 18.9 Å². The molecule has 0 saturated carbocycles. The number of hydrogen-bond donors (Lipinski definition) is 3. The summed E-state index contributed by atoms with van der Waals surface area (Å²) in [6, 6.07) is 12.1. The topological polar surface area (TPSA) is 56.9 Å². The molecule has 3 rings (SSSR count). The number of fused-ring (bicyclic) bond motifs is 1. The van der Waals surface area contributed by atoms with E-state index in [1.54, 1.807) is 18.2 Å². The van der Waals surface area contributed by atoms with E-state index in [1.807, 2.05) is 13.1 Å². The molecular formula is C20H20F3N3O. The van der Waals surface area contributed by atoms with Crippen LogP contribution in [0.5, 0.6) is 0 Å². The molecule has 1 heterocycles. The molecule has 0 fully saturated rings. The second-order valence-electron chi connectivity index (χ2n) is 6.24. The maximum absolute atomic E-state index is 13.3. The van der Waals surface area contributed by atoms with Crippen LogP contribution in [0.15, 0.2) is 53.3 Å². The third-order valence-electron chi connectivity index (χ3n) is 4.30. The van der Waals surface area contributed by atoms with Gasteiger partial charge in [0.2, 0.25) is 0 Å². The van der Waals surface area contributed by atoms with E-state index in [4.69, 9.17) is 0 Å². The lowest BCUT2D eigenvalue weighted by Crippen LogP contribution is -2.13. The number of aromatic nitrogens is 1. The number of nitrogens with one attached hydrogen (secondary N) is 3. The monoisotopic (exact) mass is 375 g/mol. The molecule has 0 atom stereocenters. The summed E-state index contributed by atoms with van der Waals surface area (Å²) in [6.45, 7) is 1.63. The van der Waals surface area contributed by atoms with Gasteiger partial charge in [-0.3, -0.25) is 4.79 Å². The van der Waals surface area contributed by atoms with Crippen LogP contribution in [0.3, 0.4) is 0 Å². The molecular weight excluding hydrogens is 355 g/mol. The van der Waals surface area contributed by atoms with Crippen LogP contribution < -0.4 is 16.2 Å². The number of H-pyrrole nitrogens is 1. The van der Waals surface area contributed by atoms with Crippen LogP contribution in [0.2, 0.25) is 0 Å². The Morgan fingerprint density at radius 3 is 2.56 bits per heavy atom. The maximum atomic E-state index is 13.3. The van der Waals surface area contributed by atoms with Crippen molar-refractivity contribution >= 4 is 16.5 Å². The first kappa shape index (κ1) is 19.0. The van der Waals surface area contributed by atoms with Crippen molar-refractivity contribution in [2.75, 3.05) is 25.5 Å². The van der Waals surface area contributed by atoms with Crippen LogP contribution in [-0.2, 0) is 6.18 Å². The standard InChI is InChI=1S/C20H20F3N3O/c1-24-9-4-10-25-14-8-7-13-11-18(26-19(27)16(13)12-14)15-5-2-3-6-17(15)20(21,22)23/h2-3,5-8,11-12,24-25H,4,9-10H2,1H3,(H,26,27). The number of aromatic amines is 1. The highest BCUT2D eigenvalue weighted by Crippen LogP contribution is 2.36. The van der Waals surface area contributed by atoms with Gasteiger partial charge < -0.3 is 15.6 Å². The minimum absolute atomic E-state index is 0.0433. The number of hydrogen-bond acceptors (Lipinski definition) is 3. The van der Waals surface area contributed by atoms with Crippen molar-refractivity contribution in [3.63, 3.8) is 0 Å².